The van der Waals surface area contributed by atoms with Crippen LogP contribution in [-0.2, 0) is 11.2 Å². The number of hydrogen-bond acceptors (Lipinski definition) is 3. The van der Waals surface area contributed by atoms with Crippen molar-refractivity contribution in [2.24, 2.45) is 5.73 Å². The van der Waals surface area contributed by atoms with Crippen LogP contribution in [0.2, 0.25) is 0 Å². The van der Waals surface area contributed by atoms with Gasteiger partial charge in [0.1, 0.15) is 0 Å². The number of benzene rings is 1. The predicted octanol–water partition coefficient (Wildman–Crippen LogP) is 2.77. The lowest BCUT2D eigenvalue weighted by molar-refractivity contribution is -0.122. The lowest BCUT2D eigenvalue weighted by atomic mass is 9.97. The van der Waals surface area contributed by atoms with E-state index in [-0.39, 0.29) is 24.4 Å². The summed E-state index contributed by atoms with van der Waals surface area (Å²) in [5.74, 6) is 0.881. The van der Waals surface area contributed by atoms with Crippen LogP contribution >= 0.6 is 24.2 Å². The summed E-state index contributed by atoms with van der Waals surface area (Å²) < 4.78 is 0. The topological polar surface area (TPSA) is 55.1 Å². The maximum atomic E-state index is 11.8. The Morgan fingerprint density at radius 2 is 1.86 bits per heavy atom. The van der Waals surface area contributed by atoms with Crippen LogP contribution in [0.25, 0.3) is 0 Å². The fraction of sp³-hybridized carbons (Fsp3) is 0.562. The minimum atomic E-state index is -0.386. The molecule has 0 spiro atoms. The number of carbonyl (C=O) groups excluding carboxylic acids is 1. The number of amides is 1. The quantitative estimate of drug-likeness (QED) is 0.808. The van der Waals surface area contributed by atoms with E-state index < -0.39 is 0 Å². The van der Waals surface area contributed by atoms with Crippen LogP contribution in [0, 0.1) is 20.8 Å². The highest BCUT2D eigenvalue weighted by molar-refractivity contribution is 7.98. The van der Waals surface area contributed by atoms with E-state index in [1.54, 1.807) is 11.8 Å². The Bertz CT molecular complexity index is 443. The van der Waals surface area contributed by atoms with Crippen LogP contribution < -0.4 is 11.1 Å². The third-order valence-electron chi connectivity index (χ3n) is 3.48. The molecule has 120 valence electrons. The Labute approximate surface area is 138 Å². The van der Waals surface area contributed by atoms with Gasteiger partial charge in [-0.2, -0.15) is 11.8 Å². The number of nitrogens with one attached hydrogen (secondary N) is 1. The second kappa shape index (κ2) is 10.1. The molecule has 0 fully saturated rings. The Hall–Kier alpha value is -0.710. The van der Waals surface area contributed by atoms with Crippen LogP contribution in [0.1, 0.15) is 28.7 Å². The van der Waals surface area contributed by atoms with Crippen molar-refractivity contribution >= 4 is 30.1 Å². The lowest BCUT2D eigenvalue weighted by Gasteiger charge is -2.14. The highest BCUT2D eigenvalue weighted by Gasteiger charge is 2.12. The van der Waals surface area contributed by atoms with E-state index in [1.165, 1.54) is 22.3 Å². The number of hydrogen-bond donors (Lipinski definition) is 2. The molecule has 1 atom stereocenters. The van der Waals surface area contributed by atoms with Gasteiger partial charge in [0, 0.05) is 6.54 Å². The number of nitrogens with two attached hydrogens (primary N) is 1. The summed E-state index contributed by atoms with van der Waals surface area (Å²) in [6.07, 6.45) is 3.61. The minimum Gasteiger partial charge on any atom is -0.354 e. The fourth-order valence-electron chi connectivity index (χ4n) is 2.42. The maximum Gasteiger partial charge on any atom is 0.236 e. The normalized spacial score (nSPS) is 11.7. The van der Waals surface area contributed by atoms with Crippen molar-refractivity contribution < 1.29 is 4.79 Å². The van der Waals surface area contributed by atoms with E-state index in [2.05, 4.69) is 38.2 Å². The van der Waals surface area contributed by atoms with Crippen LogP contribution in [0.3, 0.4) is 0 Å². The molecular weight excluding hydrogens is 304 g/mol. The van der Waals surface area contributed by atoms with Crippen LogP contribution in [-0.4, -0.2) is 30.5 Å². The van der Waals surface area contributed by atoms with Crippen LogP contribution in [0.15, 0.2) is 12.1 Å². The monoisotopic (exact) mass is 330 g/mol. The molecule has 0 aromatic heterocycles. The Morgan fingerprint density at radius 1 is 1.29 bits per heavy atom. The molecule has 0 aliphatic rings. The highest BCUT2D eigenvalue weighted by atomic mass is 35.5. The molecule has 0 heterocycles. The van der Waals surface area contributed by atoms with E-state index in [1.807, 2.05) is 6.26 Å². The summed E-state index contributed by atoms with van der Waals surface area (Å²) in [7, 11) is 0. The van der Waals surface area contributed by atoms with Gasteiger partial charge in [-0.1, -0.05) is 17.7 Å². The molecule has 3 N–H and O–H groups in total. The van der Waals surface area contributed by atoms with Gasteiger partial charge in [0.25, 0.3) is 0 Å². The zero-order valence-corrected chi connectivity index (χ0v) is 15.0. The molecule has 1 aromatic rings. The van der Waals surface area contributed by atoms with Crippen molar-refractivity contribution in [3.63, 3.8) is 0 Å². The maximum absolute atomic E-state index is 11.8. The second-order valence-electron chi connectivity index (χ2n) is 5.31. The largest absolute Gasteiger partial charge is 0.354 e. The van der Waals surface area contributed by atoms with Crippen LogP contribution in [0.5, 0.6) is 0 Å². The highest BCUT2D eigenvalue weighted by Crippen LogP contribution is 2.16. The van der Waals surface area contributed by atoms with E-state index >= 15 is 0 Å². The first-order valence-electron chi connectivity index (χ1n) is 7.04. The number of halogens is 1. The molecular formula is C16H27ClN2OS. The molecule has 1 aromatic carbocycles. The number of rotatable bonds is 7. The average Bonchev–Trinajstić information content (AvgIpc) is 2.38. The summed E-state index contributed by atoms with van der Waals surface area (Å²) in [5.41, 5.74) is 11.0. The van der Waals surface area contributed by atoms with Gasteiger partial charge < -0.3 is 11.1 Å². The molecule has 0 unspecified atom stereocenters. The lowest BCUT2D eigenvalue weighted by Crippen LogP contribution is -2.41. The molecule has 0 bridgehead atoms. The SMILES string of the molecule is CSCC[C@H](N)C(=O)NCCc1c(C)cc(C)cc1C.Cl. The number of aryl methyl sites for hydroxylation is 3. The third kappa shape index (κ3) is 6.72. The zero-order valence-electron chi connectivity index (χ0n) is 13.4. The van der Waals surface area contributed by atoms with Crippen molar-refractivity contribution in [1.82, 2.24) is 5.32 Å². The smallest absolute Gasteiger partial charge is 0.236 e. The predicted molar refractivity (Wildman–Crippen MR) is 95.6 cm³/mol. The van der Waals surface area contributed by atoms with Crippen molar-refractivity contribution in [1.29, 1.82) is 0 Å². The Morgan fingerprint density at radius 3 is 2.38 bits per heavy atom. The minimum absolute atomic E-state index is 0. The first kappa shape index (κ1) is 20.3. The molecule has 1 amide bonds. The fourth-order valence-corrected chi connectivity index (χ4v) is 2.91. The number of thioether (sulfide) groups is 1. The average molecular weight is 331 g/mol. The van der Waals surface area contributed by atoms with Crippen LogP contribution in [0.4, 0.5) is 0 Å². The standard InChI is InChI=1S/C16H26N2OS.ClH/c1-11-9-12(2)14(13(3)10-11)5-7-18-16(19)15(17)6-8-20-4;/h9-10,15H,5-8,17H2,1-4H3,(H,18,19);1H/t15-;/m0./s1. The van der Waals surface area contributed by atoms with Crippen molar-refractivity contribution in [3.8, 4) is 0 Å². The van der Waals surface area contributed by atoms with Gasteiger partial charge in [0.05, 0.1) is 6.04 Å². The first-order valence-corrected chi connectivity index (χ1v) is 8.44. The molecule has 3 nitrogen and oxygen atoms in total. The molecule has 0 saturated heterocycles. The molecule has 0 radical (unpaired) electrons. The van der Waals surface area contributed by atoms with E-state index in [0.29, 0.717) is 6.54 Å². The molecule has 21 heavy (non-hydrogen) atoms. The molecule has 0 aliphatic heterocycles. The zero-order chi connectivity index (χ0) is 15.1. The van der Waals surface area contributed by atoms with Gasteiger partial charge in [0.2, 0.25) is 5.91 Å². The molecule has 0 saturated carbocycles. The van der Waals surface area contributed by atoms with Gasteiger partial charge in [-0.15, -0.1) is 12.4 Å². The van der Waals surface area contributed by atoms with Gasteiger partial charge >= 0.3 is 0 Å². The molecule has 1 rings (SSSR count). The van der Waals surface area contributed by atoms with E-state index in [0.717, 1.165) is 18.6 Å². The molecule has 5 heteroatoms. The van der Waals surface area contributed by atoms with Crippen molar-refractivity contribution in [3.05, 3.63) is 34.4 Å². The van der Waals surface area contributed by atoms with Gasteiger partial charge in [0.15, 0.2) is 0 Å². The Kier molecular flexibility index (Phi) is 9.75. The summed E-state index contributed by atoms with van der Waals surface area (Å²) in [6.45, 7) is 7.01. The summed E-state index contributed by atoms with van der Waals surface area (Å²) in [5, 5.41) is 2.94. The summed E-state index contributed by atoms with van der Waals surface area (Å²) in [6, 6.07) is 3.99. The first-order chi connectivity index (χ1) is 9.45. The third-order valence-corrected chi connectivity index (χ3v) is 4.13. The summed E-state index contributed by atoms with van der Waals surface area (Å²) in [4.78, 5) is 11.8. The van der Waals surface area contributed by atoms with E-state index in [4.69, 9.17) is 5.73 Å². The van der Waals surface area contributed by atoms with Crippen molar-refractivity contribution in [2.45, 2.75) is 39.7 Å². The molecule has 0 aliphatic carbocycles. The van der Waals surface area contributed by atoms with Gasteiger partial charge in [-0.25, -0.2) is 0 Å². The van der Waals surface area contributed by atoms with Gasteiger partial charge in [-0.3, -0.25) is 4.79 Å². The Balaban J connectivity index is 0.00000400. The number of carbonyl (C=O) groups is 1. The van der Waals surface area contributed by atoms with Gasteiger partial charge in [-0.05, 0) is 62.3 Å². The van der Waals surface area contributed by atoms with Crippen molar-refractivity contribution in [2.75, 3.05) is 18.6 Å². The van der Waals surface area contributed by atoms with E-state index in [9.17, 15) is 4.79 Å². The second-order valence-corrected chi connectivity index (χ2v) is 6.29. The summed E-state index contributed by atoms with van der Waals surface area (Å²) >= 11 is 1.71.